The molecule has 3 amide bonds. The maximum Gasteiger partial charge on any atom is 0.524 e. The summed E-state index contributed by atoms with van der Waals surface area (Å²) in [7, 11) is -1.87. The van der Waals surface area contributed by atoms with Crippen molar-refractivity contribution in [2.75, 3.05) is 46.9 Å². The molecule has 18 heteroatoms. The average Bonchev–Trinajstić information content (AvgIpc) is 3.96. The van der Waals surface area contributed by atoms with E-state index in [0.29, 0.717) is 44.7 Å². The first-order chi connectivity index (χ1) is 28.0. The van der Waals surface area contributed by atoms with Crippen LogP contribution in [0, 0.1) is 0 Å². The van der Waals surface area contributed by atoms with E-state index in [1.54, 1.807) is 64.4 Å². The number of halogens is 2. The molecule has 0 fully saturated rings. The topological polar surface area (TPSA) is 159 Å². The zero-order valence-corrected chi connectivity index (χ0v) is 35.1. The maximum atomic E-state index is 14.4. The highest BCUT2D eigenvalue weighted by Gasteiger charge is 2.38. The summed E-state index contributed by atoms with van der Waals surface area (Å²) in [6.45, 7) is 0.848. The van der Waals surface area contributed by atoms with Gasteiger partial charge in [0.1, 0.15) is 16.5 Å². The van der Waals surface area contributed by atoms with Gasteiger partial charge in [-0.3, -0.25) is 19.4 Å². The summed E-state index contributed by atoms with van der Waals surface area (Å²) in [6.07, 6.45) is 1.10. The third kappa shape index (κ3) is 8.15. The monoisotopic (exact) mass is 894 g/mol. The molecule has 2 aliphatic heterocycles. The largest absolute Gasteiger partial charge is 0.524 e. The fraction of sp³-hybridized carbons (Fsp3) is 0.200. The Hall–Kier alpha value is -4.31. The Kier molecular flexibility index (Phi) is 11.9. The van der Waals surface area contributed by atoms with Crippen LogP contribution in [0.25, 0.3) is 21.5 Å². The highest BCUT2D eigenvalue weighted by Crippen LogP contribution is 2.50. The second-order valence-corrected chi connectivity index (χ2v) is 18.7. The predicted octanol–water partition coefficient (Wildman–Crippen LogP) is 9.42. The number of nitrogens with zero attached hydrogens (tertiary/aromatic N) is 3. The van der Waals surface area contributed by atoms with Crippen LogP contribution in [-0.4, -0.2) is 69.8 Å². The lowest BCUT2D eigenvalue weighted by Gasteiger charge is -2.19. The van der Waals surface area contributed by atoms with Gasteiger partial charge in [0.25, 0.3) is 11.8 Å². The normalized spacial score (nSPS) is 16.1. The standard InChI is InChI=1S/C40H33Cl2N4O8PS3/c41-19-23-21-45(29-17-31(25-7-1-3-9-27(25)36(23)29)53-40(49)44-15-16-56-58-35-11-5-6-14-43-35)38(47)33-12-13-34(57-33)39(48)46-22-24(20-42)37-28-10-4-2-8-26(28)32(18-30(37)46)54-55(50,51)52/h1-14,17-18,23-24H,15-16,19-22H2,(H,44,49)(H2,50,51,52). The van der Waals surface area contributed by atoms with E-state index in [-0.39, 0.29) is 59.0 Å². The molecule has 2 atom stereocenters. The van der Waals surface area contributed by atoms with E-state index < -0.39 is 19.8 Å². The number of phosphoric ester groups is 1. The molecule has 6 aromatic rings. The van der Waals surface area contributed by atoms with Crippen molar-refractivity contribution in [2.24, 2.45) is 0 Å². The number of phosphoric acid groups is 1. The van der Waals surface area contributed by atoms with Crippen LogP contribution in [0.2, 0.25) is 0 Å². The number of rotatable bonds is 12. The molecule has 0 saturated carbocycles. The minimum absolute atomic E-state index is 0.0673. The zero-order chi connectivity index (χ0) is 40.6. The Morgan fingerprint density at radius 1 is 0.793 bits per heavy atom. The first-order valence-electron chi connectivity index (χ1n) is 17.9. The van der Waals surface area contributed by atoms with Crippen molar-refractivity contribution < 1.29 is 38.0 Å². The number of ether oxygens (including phenoxy) is 1. The van der Waals surface area contributed by atoms with Crippen LogP contribution in [0.5, 0.6) is 11.5 Å². The zero-order valence-electron chi connectivity index (χ0n) is 30.2. The van der Waals surface area contributed by atoms with E-state index in [1.165, 1.54) is 21.8 Å². The molecule has 0 spiro atoms. The number of anilines is 2. The Balaban J connectivity index is 1.04. The van der Waals surface area contributed by atoms with Crippen LogP contribution in [0.4, 0.5) is 16.2 Å². The van der Waals surface area contributed by atoms with E-state index in [2.05, 4.69) is 10.3 Å². The number of nitrogens with one attached hydrogen (secondary N) is 1. The second-order valence-electron chi connectivity index (χ2n) is 13.4. The Labute approximate surface area is 354 Å². The highest BCUT2D eigenvalue weighted by atomic mass is 35.5. The van der Waals surface area contributed by atoms with Gasteiger partial charge in [0.2, 0.25) is 0 Å². The molecule has 0 bridgehead atoms. The molecular formula is C40H33Cl2N4O8PS3. The van der Waals surface area contributed by atoms with Crippen LogP contribution < -0.4 is 24.4 Å². The molecule has 3 N–H and O–H groups in total. The number of carbonyl (C=O) groups is 3. The summed E-state index contributed by atoms with van der Waals surface area (Å²) in [5.74, 6) is 0.0259. The van der Waals surface area contributed by atoms with Crippen molar-refractivity contribution in [3.8, 4) is 11.5 Å². The van der Waals surface area contributed by atoms with Crippen molar-refractivity contribution in [2.45, 2.75) is 16.9 Å². The first kappa shape index (κ1) is 40.5. The van der Waals surface area contributed by atoms with Crippen molar-refractivity contribution in [1.82, 2.24) is 10.3 Å². The Bertz CT molecular complexity index is 2610. The number of aromatic nitrogens is 1. The minimum Gasteiger partial charge on any atom is -0.410 e. The number of carbonyl (C=O) groups excluding carboxylic acids is 3. The molecule has 298 valence electrons. The highest BCUT2D eigenvalue weighted by molar-refractivity contribution is 8.76. The average molecular weight is 896 g/mol. The Morgan fingerprint density at radius 2 is 1.33 bits per heavy atom. The SMILES string of the molecule is O=C(NCCSSc1ccccn1)Oc1cc2c(c3ccccc13)C(CCl)CN2C(=O)c1ccc(C(=O)N2CC(CCl)c3c2cc(OP(=O)(O)O)c2ccccc32)s1. The second kappa shape index (κ2) is 17.1. The predicted molar refractivity (Wildman–Crippen MR) is 232 cm³/mol. The van der Waals surface area contributed by atoms with E-state index in [1.807, 2.05) is 42.5 Å². The molecule has 4 heterocycles. The summed E-state index contributed by atoms with van der Waals surface area (Å²) in [5.41, 5.74) is 2.61. The lowest BCUT2D eigenvalue weighted by atomic mass is 9.95. The van der Waals surface area contributed by atoms with Gasteiger partial charge in [0.15, 0.2) is 0 Å². The van der Waals surface area contributed by atoms with Crippen molar-refractivity contribution in [3.05, 3.63) is 118 Å². The number of amides is 3. The summed E-state index contributed by atoms with van der Waals surface area (Å²) in [6, 6.07) is 26.5. The van der Waals surface area contributed by atoms with Gasteiger partial charge in [-0.2, -0.15) is 0 Å². The van der Waals surface area contributed by atoms with E-state index in [9.17, 15) is 28.7 Å². The molecule has 0 saturated heterocycles. The van der Waals surface area contributed by atoms with Crippen LogP contribution >= 0.6 is 63.9 Å². The smallest absolute Gasteiger partial charge is 0.410 e. The van der Waals surface area contributed by atoms with E-state index >= 15 is 0 Å². The van der Waals surface area contributed by atoms with Gasteiger partial charge >= 0.3 is 13.9 Å². The Morgan fingerprint density at radius 3 is 1.86 bits per heavy atom. The summed E-state index contributed by atoms with van der Waals surface area (Å²) >= 11 is 14.0. The van der Waals surface area contributed by atoms with Crippen LogP contribution in [0.3, 0.4) is 0 Å². The molecular weight excluding hydrogens is 863 g/mol. The quantitative estimate of drug-likeness (QED) is 0.0465. The molecule has 8 rings (SSSR count). The summed E-state index contributed by atoms with van der Waals surface area (Å²) < 4.78 is 22.9. The third-order valence-electron chi connectivity index (χ3n) is 9.80. The number of fused-ring (bicyclic) bond motifs is 6. The van der Waals surface area contributed by atoms with Gasteiger partial charge in [-0.15, -0.1) is 34.5 Å². The van der Waals surface area contributed by atoms with Crippen LogP contribution in [-0.2, 0) is 4.57 Å². The molecule has 2 aromatic heterocycles. The molecule has 12 nitrogen and oxygen atoms in total. The molecule has 0 radical (unpaired) electrons. The van der Waals surface area contributed by atoms with Gasteiger partial charge in [0, 0.05) is 78.1 Å². The molecule has 2 aliphatic rings. The molecule has 2 unspecified atom stereocenters. The number of thiophene rings is 1. The number of hydrogen-bond acceptors (Lipinski definition) is 10. The van der Waals surface area contributed by atoms with Crippen LogP contribution in [0.1, 0.15) is 42.3 Å². The molecule has 0 aliphatic carbocycles. The van der Waals surface area contributed by atoms with Crippen molar-refractivity contribution >= 4 is 115 Å². The summed E-state index contributed by atoms with van der Waals surface area (Å²) in [4.78, 5) is 68.9. The number of pyridine rings is 1. The minimum atomic E-state index is -4.94. The van der Waals surface area contributed by atoms with Gasteiger partial charge < -0.3 is 24.4 Å². The van der Waals surface area contributed by atoms with Gasteiger partial charge in [-0.05, 0) is 57.0 Å². The third-order valence-corrected chi connectivity index (χ3v) is 14.3. The van der Waals surface area contributed by atoms with Gasteiger partial charge in [-0.25, -0.2) is 14.3 Å². The van der Waals surface area contributed by atoms with Gasteiger partial charge in [0.05, 0.1) is 21.1 Å². The lowest BCUT2D eigenvalue weighted by Crippen LogP contribution is -2.30. The number of hydrogen-bond donors (Lipinski definition) is 3. The fourth-order valence-corrected chi connectivity index (χ4v) is 11.0. The number of alkyl halides is 2. The maximum absolute atomic E-state index is 14.4. The van der Waals surface area contributed by atoms with E-state index in [4.69, 9.17) is 32.5 Å². The lowest BCUT2D eigenvalue weighted by molar-refractivity contribution is 0.0986. The van der Waals surface area contributed by atoms with E-state index in [0.717, 1.165) is 32.9 Å². The van der Waals surface area contributed by atoms with Gasteiger partial charge in [-0.1, -0.05) is 65.4 Å². The summed E-state index contributed by atoms with van der Waals surface area (Å²) in [5, 5.41) is 6.33. The fourth-order valence-electron chi connectivity index (χ4n) is 7.41. The number of benzene rings is 4. The van der Waals surface area contributed by atoms with Crippen molar-refractivity contribution in [1.29, 1.82) is 0 Å². The van der Waals surface area contributed by atoms with Crippen molar-refractivity contribution in [3.63, 3.8) is 0 Å². The molecule has 58 heavy (non-hydrogen) atoms. The first-order valence-corrected chi connectivity index (χ1v) is 23.7. The molecule has 4 aromatic carbocycles. The van der Waals surface area contributed by atoms with Crippen LogP contribution in [0.15, 0.2) is 102 Å².